The van der Waals surface area contributed by atoms with E-state index in [4.69, 9.17) is 18.8 Å². The molecule has 0 spiro atoms. The van der Waals surface area contributed by atoms with Gasteiger partial charge in [-0.2, -0.15) is 0 Å². The number of hydrogen-bond donors (Lipinski definition) is 0. The summed E-state index contributed by atoms with van der Waals surface area (Å²) in [5, 5.41) is 4.10. The lowest BCUT2D eigenvalue weighted by Crippen LogP contribution is -1.97. The van der Waals surface area contributed by atoms with Crippen molar-refractivity contribution in [3.63, 3.8) is 0 Å². The maximum atomic E-state index is 6.44. The Balaban J connectivity index is 0.967. The molecule has 0 N–H and O–H groups in total. The molecule has 0 saturated heterocycles. The predicted octanol–water partition coefficient (Wildman–Crippen LogP) is 12.3. The van der Waals surface area contributed by atoms with Crippen molar-refractivity contribution in [1.29, 1.82) is 0 Å². The Labute approximate surface area is 303 Å². The molecule has 5 aromatic heterocycles. The van der Waals surface area contributed by atoms with Crippen LogP contribution in [0.1, 0.15) is 0 Å². The van der Waals surface area contributed by atoms with Crippen molar-refractivity contribution in [2.45, 2.75) is 0 Å². The lowest BCUT2D eigenvalue weighted by Gasteiger charge is -2.11. The van der Waals surface area contributed by atoms with E-state index in [0.29, 0.717) is 0 Å². The van der Waals surface area contributed by atoms with Crippen LogP contribution in [0.15, 0.2) is 179 Å². The first-order valence-electron chi connectivity index (χ1n) is 17.6. The summed E-state index contributed by atoms with van der Waals surface area (Å²) in [6.07, 6.45) is 1.79. The van der Waals surface area contributed by atoms with Crippen LogP contribution in [0.3, 0.4) is 0 Å². The fourth-order valence-corrected chi connectivity index (χ4v) is 7.51. The molecule has 11 rings (SSSR count). The zero-order valence-electron chi connectivity index (χ0n) is 28.3. The van der Waals surface area contributed by atoms with E-state index < -0.39 is 0 Å². The Morgan fingerprint density at radius 3 is 1.77 bits per heavy atom. The van der Waals surface area contributed by atoms with E-state index in [9.17, 15) is 0 Å². The van der Waals surface area contributed by atoms with Gasteiger partial charge in [0.25, 0.3) is 0 Å². The van der Waals surface area contributed by atoms with Crippen LogP contribution in [0.25, 0.3) is 106 Å². The van der Waals surface area contributed by atoms with E-state index in [0.717, 1.165) is 106 Å². The topological polar surface area (TPSA) is 69.9 Å². The fourth-order valence-electron chi connectivity index (χ4n) is 7.51. The molecule has 0 aliphatic rings. The van der Waals surface area contributed by atoms with Crippen LogP contribution >= 0.6 is 0 Å². The molecule has 0 bridgehead atoms. The van der Waals surface area contributed by atoms with Gasteiger partial charge in [-0.05, 0) is 102 Å². The first-order valence-corrected chi connectivity index (χ1v) is 17.6. The van der Waals surface area contributed by atoms with Gasteiger partial charge >= 0.3 is 0 Å². The van der Waals surface area contributed by atoms with Crippen molar-refractivity contribution >= 4 is 54.9 Å². The summed E-state index contributed by atoms with van der Waals surface area (Å²) in [5.74, 6) is 0.922. The second-order valence-corrected chi connectivity index (χ2v) is 13.3. The Hall–Kier alpha value is -7.31. The van der Waals surface area contributed by atoms with Gasteiger partial charge in [0.2, 0.25) is 0 Å². The molecule has 0 fully saturated rings. The number of pyridine rings is 2. The van der Waals surface area contributed by atoms with Crippen LogP contribution in [0.4, 0.5) is 0 Å². The first-order chi connectivity index (χ1) is 26.2. The van der Waals surface area contributed by atoms with Crippen LogP contribution in [-0.4, -0.2) is 19.5 Å². The minimum atomic E-state index is 0.819. The Morgan fingerprint density at radius 2 is 1.02 bits per heavy atom. The summed E-state index contributed by atoms with van der Waals surface area (Å²) >= 11 is 0. The van der Waals surface area contributed by atoms with Crippen molar-refractivity contribution < 1.29 is 8.83 Å². The minimum Gasteiger partial charge on any atom is -0.456 e. The highest BCUT2D eigenvalue weighted by Crippen LogP contribution is 2.39. The predicted molar refractivity (Wildman–Crippen MR) is 213 cm³/mol. The number of nitrogens with zero attached hydrogens (tertiary/aromatic N) is 4. The molecule has 0 aliphatic heterocycles. The van der Waals surface area contributed by atoms with Crippen LogP contribution in [0.2, 0.25) is 0 Å². The first kappa shape index (κ1) is 29.4. The third kappa shape index (κ3) is 4.84. The van der Waals surface area contributed by atoms with Crippen molar-refractivity contribution in [2.24, 2.45) is 0 Å². The van der Waals surface area contributed by atoms with Crippen LogP contribution < -0.4 is 0 Å². The standard InChI is InChI=1S/C47H28N4O2/c1-2-9-30(10-3-1)47-50-41-12-4-5-15-42(41)51(47)33-20-16-29(17-21-33)31-18-22-43-34(25-31)36-27-46-37(28-45(36)52-43)35-26-32(19-23-44(35)53-46)38-13-8-14-40(49-38)39-11-6-7-24-48-39/h1-28H. The van der Waals surface area contributed by atoms with E-state index in [1.807, 2.05) is 54.6 Å². The summed E-state index contributed by atoms with van der Waals surface area (Å²) in [5.41, 5.74) is 13.3. The number of benzene rings is 6. The normalized spacial score (nSPS) is 11.8. The smallest absolute Gasteiger partial charge is 0.145 e. The number of furan rings is 2. The third-order valence-corrected chi connectivity index (χ3v) is 10.1. The molecular weight excluding hydrogens is 653 g/mol. The zero-order valence-corrected chi connectivity index (χ0v) is 28.3. The van der Waals surface area contributed by atoms with Gasteiger partial charge in [0.15, 0.2) is 0 Å². The number of para-hydroxylation sites is 2. The van der Waals surface area contributed by atoms with Gasteiger partial charge in [-0.25, -0.2) is 9.97 Å². The molecule has 0 amide bonds. The summed E-state index contributed by atoms with van der Waals surface area (Å²) in [6, 6.07) is 56.1. The second-order valence-electron chi connectivity index (χ2n) is 13.3. The van der Waals surface area contributed by atoms with Crippen LogP contribution in [-0.2, 0) is 0 Å². The molecule has 6 aromatic carbocycles. The average molecular weight is 681 g/mol. The highest BCUT2D eigenvalue weighted by molar-refractivity contribution is 6.15. The SMILES string of the molecule is c1ccc(-c2nc3ccccc3n2-c2ccc(-c3ccc4oc5cc6c(cc5c4c3)oc3ccc(-c4cccc(-c5ccccn5)n4)cc36)cc2)cc1. The summed E-state index contributed by atoms with van der Waals surface area (Å²) in [4.78, 5) is 14.4. The van der Waals surface area contributed by atoms with Gasteiger partial charge in [-0.15, -0.1) is 0 Å². The molecule has 11 aromatic rings. The maximum Gasteiger partial charge on any atom is 0.145 e. The number of fused-ring (bicyclic) bond motifs is 7. The van der Waals surface area contributed by atoms with Gasteiger partial charge < -0.3 is 8.83 Å². The monoisotopic (exact) mass is 680 g/mol. The highest BCUT2D eigenvalue weighted by Gasteiger charge is 2.17. The summed E-state index contributed by atoms with van der Waals surface area (Å²) < 4.78 is 15.1. The summed E-state index contributed by atoms with van der Waals surface area (Å²) in [7, 11) is 0. The van der Waals surface area contributed by atoms with Gasteiger partial charge in [0.1, 0.15) is 28.2 Å². The molecule has 0 radical (unpaired) electrons. The Bertz CT molecular complexity index is 3160. The van der Waals surface area contributed by atoms with E-state index in [1.165, 1.54) is 0 Å². The largest absolute Gasteiger partial charge is 0.456 e. The average Bonchev–Trinajstić information content (AvgIpc) is 3.91. The highest BCUT2D eigenvalue weighted by atomic mass is 16.3. The van der Waals surface area contributed by atoms with E-state index in [2.05, 4.69) is 119 Å². The number of hydrogen-bond acceptors (Lipinski definition) is 5. The van der Waals surface area contributed by atoms with Crippen molar-refractivity contribution in [1.82, 2.24) is 19.5 Å². The van der Waals surface area contributed by atoms with Crippen molar-refractivity contribution in [3.8, 4) is 50.8 Å². The quantitative estimate of drug-likeness (QED) is 0.181. The molecule has 0 aliphatic carbocycles. The maximum absolute atomic E-state index is 6.44. The van der Waals surface area contributed by atoms with E-state index >= 15 is 0 Å². The van der Waals surface area contributed by atoms with Crippen LogP contribution in [0, 0.1) is 0 Å². The molecule has 5 heterocycles. The van der Waals surface area contributed by atoms with Gasteiger partial charge in [0, 0.05) is 44.6 Å². The van der Waals surface area contributed by atoms with Crippen molar-refractivity contribution in [2.75, 3.05) is 0 Å². The van der Waals surface area contributed by atoms with Crippen LogP contribution in [0.5, 0.6) is 0 Å². The van der Waals surface area contributed by atoms with Gasteiger partial charge in [0.05, 0.1) is 28.1 Å². The zero-order chi connectivity index (χ0) is 34.9. The molecular formula is C47H28N4O2. The van der Waals surface area contributed by atoms with E-state index in [-0.39, 0.29) is 0 Å². The lowest BCUT2D eigenvalue weighted by atomic mass is 10.0. The number of imidazole rings is 1. The molecule has 0 saturated carbocycles. The van der Waals surface area contributed by atoms with E-state index in [1.54, 1.807) is 6.20 Å². The second kappa shape index (κ2) is 11.6. The molecule has 0 atom stereocenters. The third-order valence-electron chi connectivity index (χ3n) is 10.1. The molecule has 53 heavy (non-hydrogen) atoms. The fraction of sp³-hybridized carbons (Fsp3) is 0. The van der Waals surface area contributed by atoms with Crippen molar-refractivity contribution in [3.05, 3.63) is 170 Å². The lowest BCUT2D eigenvalue weighted by molar-refractivity contribution is 0.664. The number of aromatic nitrogens is 4. The van der Waals surface area contributed by atoms with Gasteiger partial charge in [-0.1, -0.05) is 72.8 Å². The molecule has 0 unspecified atom stereocenters. The molecule has 248 valence electrons. The Morgan fingerprint density at radius 1 is 0.396 bits per heavy atom. The molecule has 6 nitrogen and oxygen atoms in total. The minimum absolute atomic E-state index is 0.819. The number of rotatable bonds is 5. The van der Waals surface area contributed by atoms with Gasteiger partial charge in [-0.3, -0.25) is 9.55 Å². The Kier molecular flexibility index (Phi) is 6.45. The molecule has 6 heteroatoms. The summed E-state index contributed by atoms with van der Waals surface area (Å²) in [6.45, 7) is 0.